The molecule has 0 aliphatic carbocycles. The van der Waals surface area contributed by atoms with Crippen molar-refractivity contribution in [2.75, 3.05) is 0 Å². The summed E-state index contributed by atoms with van der Waals surface area (Å²) >= 11 is 0. The first-order chi connectivity index (χ1) is 6.82. The molecule has 92 valence electrons. The maximum absolute atomic E-state index is 10.1. The second-order valence-electron chi connectivity index (χ2n) is 6.04. The molecule has 0 rings (SSSR count). The fourth-order valence-electron chi connectivity index (χ4n) is 2.30. The van der Waals surface area contributed by atoms with Gasteiger partial charge in [-0.25, -0.2) is 0 Å². The lowest BCUT2D eigenvalue weighted by atomic mass is 9.74. The summed E-state index contributed by atoms with van der Waals surface area (Å²) in [7, 11) is 0. The summed E-state index contributed by atoms with van der Waals surface area (Å²) in [6.07, 6.45) is 4.32. The normalized spacial score (nSPS) is 18.6. The first-order valence-electron chi connectivity index (χ1n) is 6.50. The van der Waals surface area contributed by atoms with Gasteiger partial charge in [-0.15, -0.1) is 0 Å². The average Bonchev–Trinajstić information content (AvgIpc) is 2.12. The lowest BCUT2D eigenvalue weighted by molar-refractivity contribution is 0.0576. The van der Waals surface area contributed by atoms with Gasteiger partial charge >= 0.3 is 0 Å². The fourth-order valence-corrected chi connectivity index (χ4v) is 2.30. The number of aliphatic hydroxyl groups excluding tert-OH is 1. The Balaban J connectivity index is 4.18. The van der Waals surface area contributed by atoms with E-state index in [2.05, 4.69) is 41.5 Å². The third-order valence-corrected chi connectivity index (χ3v) is 3.64. The van der Waals surface area contributed by atoms with Gasteiger partial charge in [0.1, 0.15) is 0 Å². The molecule has 15 heavy (non-hydrogen) atoms. The Morgan fingerprint density at radius 3 is 2.00 bits per heavy atom. The summed E-state index contributed by atoms with van der Waals surface area (Å²) in [6, 6.07) is 0. The van der Waals surface area contributed by atoms with Crippen molar-refractivity contribution in [3.8, 4) is 0 Å². The van der Waals surface area contributed by atoms with Crippen molar-refractivity contribution in [1.82, 2.24) is 0 Å². The van der Waals surface area contributed by atoms with Gasteiger partial charge in [0.15, 0.2) is 0 Å². The molecule has 0 aromatic carbocycles. The summed E-state index contributed by atoms with van der Waals surface area (Å²) in [5.41, 5.74) is 0.321. The number of aliphatic hydroxyl groups is 1. The molecule has 0 aromatic rings. The van der Waals surface area contributed by atoms with E-state index >= 15 is 0 Å². The van der Waals surface area contributed by atoms with Gasteiger partial charge in [-0.2, -0.15) is 0 Å². The van der Waals surface area contributed by atoms with Gasteiger partial charge in [-0.3, -0.25) is 0 Å². The summed E-state index contributed by atoms with van der Waals surface area (Å²) in [6.45, 7) is 13.4. The van der Waals surface area contributed by atoms with Crippen LogP contribution in [-0.2, 0) is 0 Å². The number of rotatable bonds is 6. The molecule has 1 heteroatoms. The minimum absolute atomic E-state index is 0.117. The molecule has 0 saturated carbocycles. The number of hydrogen-bond donors (Lipinski definition) is 1. The van der Waals surface area contributed by atoms with Crippen molar-refractivity contribution in [3.63, 3.8) is 0 Å². The molecule has 0 spiro atoms. The van der Waals surface area contributed by atoms with Crippen LogP contribution < -0.4 is 0 Å². The van der Waals surface area contributed by atoms with Crippen LogP contribution in [0.25, 0.3) is 0 Å². The highest BCUT2D eigenvalue weighted by molar-refractivity contribution is 4.77. The van der Waals surface area contributed by atoms with Crippen molar-refractivity contribution in [2.24, 2.45) is 17.3 Å². The van der Waals surface area contributed by atoms with Gasteiger partial charge in [0, 0.05) is 0 Å². The van der Waals surface area contributed by atoms with E-state index in [0.29, 0.717) is 17.3 Å². The van der Waals surface area contributed by atoms with Gasteiger partial charge in [0.2, 0.25) is 0 Å². The average molecular weight is 214 g/mol. The molecular weight excluding hydrogens is 184 g/mol. The molecule has 0 saturated heterocycles. The predicted octanol–water partition coefficient (Wildman–Crippen LogP) is 4.25. The van der Waals surface area contributed by atoms with Gasteiger partial charge in [-0.05, 0) is 30.1 Å². The highest BCUT2D eigenvalue weighted by Crippen LogP contribution is 2.33. The van der Waals surface area contributed by atoms with Crippen molar-refractivity contribution in [2.45, 2.75) is 73.3 Å². The fraction of sp³-hybridized carbons (Fsp3) is 1.00. The molecule has 1 nitrogen and oxygen atoms in total. The Kier molecular flexibility index (Phi) is 6.51. The molecule has 0 aliphatic rings. The molecule has 3 unspecified atom stereocenters. The SMILES string of the molecule is CCCC(C)C(O)CC(CC)C(C)(C)C. The zero-order valence-corrected chi connectivity index (χ0v) is 11.5. The first kappa shape index (κ1) is 15.0. The zero-order valence-electron chi connectivity index (χ0n) is 11.5. The molecule has 3 atom stereocenters. The number of hydrogen-bond acceptors (Lipinski definition) is 1. The second-order valence-corrected chi connectivity index (χ2v) is 6.04. The Hall–Kier alpha value is -0.0400. The summed E-state index contributed by atoms with van der Waals surface area (Å²) < 4.78 is 0. The molecule has 0 aliphatic heterocycles. The van der Waals surface area contributed by atoms with Gasteiger partial charge < -0.3 is 5.11 Å². The van der Waals surface area contributed by atoms with Crippen LogP contribution in [0.15, 0.2) is 0 Å². The van der Waals surface area contributed by atoms with Gasteiger partial charge in [0.05, 0.1) is 6.10 Å². The van der Waals surface area contributed by atoms with E-state index in [9.17, 15) is 5.11 Å². The standard InChI is InChI=1S/C14H30O/c1-7-9-11(3)13(15)10-12(8-2)14(4,5)6/h11-13,15H,7-10H2,1-6H3. The second kappa shape index (κ2) is 6.52. The van der Waals surface area contributed by atoms with E-state index in [1.54, 1.807) is 0 Å². The molecule has 0 bridgehead atoms. The van der Waals surface area contributed by atoms with E-state index in [1.165, 1.54) is 12.8 Å². The highest BCUT2D eigenvalue weighted by atomic mass is 16.3. The third kappa shape index (κ3) is 5.55. The van der Waals surface area contributed by atoms with Crippen molar-refractivity contribution in [3.05, 3.63) is 0 Å². The van der Waals surface area contributed by atoms with E-state index < -0.39 is 0 Å². The van der Waals surface area contributed by atoms with Gasteiger partial charge in [0.25, 0.3) is 0 Å². The monoisotopic (exact) mass is 214 g/mol. The molecule has 0 radical (unpaired) electrons. The van der Waals surface area contributed by atoms with Crippen LogP contribution in [0, 0.1) is 17.3 Å². The summed E-state index contributed by atoms with van der Waals surface area (Å²) in [5.74, 6) is 1.08. The lowest BCUT2D eigenvalue weighted by Gasteiger charge is -2.33. The summed E-state index contributed by atoms with van der Waals surface area (Å²) in [5, 5.41) is 10.1. The van der Waals surface area contributed by atoms with Crippen LogP contribution in [-0.4, -0.2) is 11.2 Å². The highest BCUT2D eigenvalue weighted by Gasteiger charge is 2.27. The Labute approximate surface area is 96.3 Å². The Morgan fingerprint density at radius 1 is 1.13 bits per heavy atom. The van der Waals surface area contributed by atoms with Gasteiger partial charge in [-0.1, -0.05) is 54.4 Å². The third-order valence-electron chi connectivity index (χ3n) is 3.64. The molecule has 0 aromatic heterocycles. The minimum atomic E-state index is -0.117. The zero-order chi connectivity index (χ0) is 12.1. The van der Waals surface area contributed by atoms with E-state index in [4.69, 9.17) is 0 Å². The van der Waals surface area contributed by atoms with Crippen molar-refractivity contribution < 1.29 is 5.11 Å². The van der Waals surface area contributed by atoms with E-state index in [-0.39, 0.29) is 6.10 Å². The maximum atomic E-state index is 10.1. The molecule has 0 heterocycles. The summed E-state index contributed by atoms with van der Waals surface area (Å²) in [4.78, 5) is 0. The van der Waals surface area contributed by atoms with Crippen LogP contribution in [0.4, 0.5) is 0 Å². The molecule has 0 fully saturated rings. The molecule has 0 amide bonds. The van der Waals surface area contributed by atoms with Crippen LogP contribution in [0.1, 0.15) is 67.2 Å². The van der Waals surface area contributed by atoms with Crippen LogP contribution >= 0.6 is 0 Å². The largest absolute Gasteiger partial charge is 0.393 e. The molecule has 1 N–H and O–H groups in total. The van der Waals surface area contributed by atoms with Crippen molar-refractivity contribution >= 4 is 0 Å². The van der Waals surface area contributed by atoms with E-state index in [0.717, 1.165) is 12.8 Å². The quantitative estimate of drug-likeness (QED) is 0.701. The molecular formula is C14H30O. The van der Waals surface area contributed by atoms with Crippen LogP contribution in [0.3, 0.4) is 0 Å². The van der Waals surface area contributed by atoms with Crippen LogP contribution in [0.2, 0.25) is 0 Å². The van der Waals surface area contributed by atoms with Crippen molar-refractivity contribution in [1.29, 1.82) is 0 Å². The van der Waals surface area contributed by atoms with Crippen LogP contribution in [0.5, 0.6) is 0 Å². The minimum Gasteiger partial charge on any atom is -0.393 e. The maximum Gasteiger partial charge on any atom is 0.0568 e. The topological polar surface area (TPSA) is 20.2 Å². The Morgan fingerprint density at radius 2 is 1.67 bits per heavy atom. The van der Waals surface area contributed by atoms with E-state index in [1.807, 2.05) is 0 Å². The first-order valence-corrected chi connectivity index (χ1v) is 6.50. The lowest BCUT2D eigenvalue weighted by Crippen LogP contribution is -2.28. The Bertz CT molecular complexity index is 157. The smallest absolute Gasteiger partial charge is 0.0568 e. The predicted molar refractivity (Wildman–Crippen MR) is 67.9 cm³/mol.